The van der Waals surface area contributed by atoms with E-state index in [0.29, 0.717) is 19.5 Å². The Morgan fingerprint density at radius 3 is 2.76 bits per heavy atom. The highest BCUT2D eigenvalue weighted by molar-refractivity contribution is 5.97. The van der Waals surface area contributed by atoms with Crippen molar-refractivity contribution < 1.29 is 9.59 Å². The third-order valence-electron chi connectivity index (χ3n) is 3.74. The van der Waals surface area contributed by atoms with E-state index < -0.39 is 5.54 Å². The van der Waals surface area contributed by atoms with E-state index in [0.717, 1.165) is 12.1 Å². The number of amides is 2. The second kappa shape index (κ2) is 6.26. The second-order valence-corrected chi connectivity index (χ2v) is 6.06. The summed E-state index contributed by atoms with van der Waals surface area (Å²) >= 11 is 0. The number of aryl methyl sites for hydroxylation is 1. The molecule has 1 aromatic carbocycles. The molecule has 0 unspecified atom stereocenters. The number of hydrogen-bond acceptors (Lipinski definition) is 3. The van der Waals surface area contributed by atoms with Crippen LogP contribution in [0.25, 0.3) is 0 Å². The minimum Gasteiger partial charge on any atom is -0.350 e. The molecule has 0 bridgehead atoms. The van der Waals surface area contributed by atoms with Crippen LogP contribution in [0, 0.1) is 0 Å². The first-order valence-corrected chi connectivity index (χ1v) is 7.32. The summed E-state index contributed by atoms with van der Waals surface area (Å²) in [5.74, 6) is 0.000824. The van der Waals surface area contributed by atoms with Crippen LogP contribution in [0.3, 0.4) is 0 Å². The van der Waals surface area contributed by atoms with Gasteiger partial charge in [0.25, 0.3) is 0 Å². The van der Waals surface area contributed by atoms with E-state index in [9.17, 15) is 9.59 Å². The quantitative estimate of drug-likeness (QED) is 0.855. The van der Waals surface area contributed by atoms with Crippen molar-refractivity contribution in [1.82, 2.24) is 5.32 Å². The molecule has 0 aliphatic carbocycles. The molecule has 1 aliphatic rings. The Hall–Kier alpha value is -1.88. The van der Waals surface area contributed by atoms with Crippen LogP contribution in [0.2, 0.25) is 0 Å². The zero-order valence-corrected chi connectivity index (χ0v) is 12.7. The van der Waals surface area contributed by atoms with E-state index in [1.165, 1.54) is 5.56 Å². The summed E-state index contributed by atoms with van der Waals surface area (Å²) in [5, 5.41) is 2.88. The number of nitrogens with one attached hydrogen (secondary N) is 1. The number of nitrogens with two attached hydrogens (primary N) is 1. The molecule has 2 rings (SSSR count). The first-order chi connectivity index (χ1) is 9.93. The molecule has 2 amide bonds. The van der Waals surface area contributed by atoms with Gasteiger partial charge in [0.2, 0.25) is 11.8 Å². The molecule has 1 aromatic rings. The molecule has 21 heavy (non-hydrogen) atoms. The van der Waals surface area contributed by atoms with Gasteiger partial charge in [-0.15, -0.1) is 0 Å². The van der Waals surface area contributed by atoms with E-state index in [2.05, 4.69) is 5.32 Å². The van der Waals surface area contributed by atoms with Crippen LogP contribution >= 0.6 is 0 Å². The first-order valence-electron chi connectivity index (χ1n) is 7.32. The fourth-order valence-corrected chi connectivity index (χ4v) is 2.45. The van der Waals surface area contributed by atoms with E-state index in [-0.39, 0.29) is 18.2 Å². The SMILES string of the molecule is CC(C)(CN)NC(=O)CCN1C(=O)CCc2ccccc21. The monoisotopic (exact) mass is 289 g/mol. The predicted octanol–water partition coefficient (Wildman–Crippen LogP) is 1.21. The molecule has 0 saturated heterocycles. The number of nitrogens with zero attached hydrogens (tertiary/aromatic N) is 1. The van der Waals surface area contributed by atoms with Crippen molar-refractivity contribution in [3.8, 4) is 0 Å². The smallest absolute Gasteiger partial charge is 0.227 e. The zero-order chi connectivity index (χ0) is 15.5. The Morgan fingerprint density at radius 2 is 2.05 bits per heavy atom. The van der Waals surface area contributed by atoms with E-state index in [1.807, 2.05) is 38.1 Å². The predicted molar refractivity (Wildman–Crippen MR) is 83.0 cm³/mol. The van der Waals surface area contributed by atoms with Crippen molar-refractivity contribution in [1.29, 1.82) is 0 Å². The highest BCUT2D eigenvalue weighted by atomic mass is 16.2. The van der Waals surface area contributed by atoms with Crippen LogP contribution in [-0.4, -0.2) is 30.4 Å². The van der Waals surface area contributed by atoms with Gasteiger partial charge in [0, 0.05) is 37.2 Å². The molecule has 114 valence electrons. The van der Waals surface area contributed by atoms with Crippen molar-refractivity contribution in [2.75, 3.05) is 18.0 Å². The van der Waals surface area contributed by atoms with E-state index >= 15 is 0 Å². The van der Waals surface area contributed by atoms with Crippen molar-refractivity contribution in [3.63, 3.8) is 0 Å². The molecular weight excluding hydrogens is 266 g/mol. The standard InChI is InChI=1S/C16H23N3O2/c1-16(2,11-17)18-14(20)9-10-19-13-6-4-3-5-12(13)7-8-15(19)21/h3-6H,7-11,17H2,1-2H3,(H,18,20). The summed E-state index contributed by atoms with van der Waals surface area (Å²) in [5.41, 5.74) is 7.28. The van der Waals surface area contributed by atoms with Crippen LogP contribution in [0.5, 0.6) is 0 Å². The number of anilines is 1. The molecule has 1 heterocycles. The summed E-state index contributed by atoms with van der Waals surface area (Å²) in [4.78, 5) is 25.8. The fourth-order valence-electron chi connectivity index (χ4n) is 2.45. The molecule has 0 fully saturated rings. The van der Waals surface area contributed by atoms with Crippen molar-refractivity contribution in [3.05, 3.63) is 29.8 Å². The Balaban J connectivity index is 2.00. The van der Waals surface area contributed by atoms with Gasteiger partial charge in [-0.05, 0) is 31.9 Å². The summed E-state index contributed by atoms with van der Waals surface area (Å²) < 4.78 is 0. The fraction of sp³-hybridized carbons (Fsp3) is 0.500. The Labute approximate surface area is 125 Å². The largest absolute Gasteiger partial charge is 0.350 e. The summed E-state index contributed by atoms with van der Waals surface area (Å²) in [7, 11) is 0. The van der Waals surface area contributed by atoms with Gasteiger partial charge in [0.1, 0.15) is 0 Å². The molecular formula is C16H23N3O2. The van der Waals surface area contributed by atoms with Gasteiger partial charge in [-0.3, -0.25) is 9.59 Å². The van der Waals surface area contributed by atoms with Gasteiger partial charge in [0.15, 0.2) is 0 Å². The Bertz CT molecular complexity index is 540. The maximum Gasteiger partial charge on any atom is 0.227 e. The Kier molecular flexibility index (Phi) is 4.63. The van der Waals surface area contributed by atoms with Gasteiger partial charge >= 0.3 is 0 Å². The summed E-state index contributed by atoms with van der Waals surface area (Å²) in [6.07, 6.45) is 1.56. The minimum absolute atomic E-state index is 0.0821. The molecule has 0 aromatic heterocycles. The normalized spacial score (nSPS) is 14.8. The zero-order valence-electron chi connectivity index (χ0n) is 12.7. The molecule has 0 spiro atoms. The van der Waals surface area contributed by atoms with Crippen LogP contribution in [0.15, 0.2) is 24.3 Å². The molecule has 0 radical (unpaired) electrons. The van der Waals surface area contributed by atoms with Crippen molar-refractivity contribution >= 4 is 17.5 Å². The number of para-hydroxylation sites is 1. The summed E-state index contributed by atoms with van der Waals surface area (Å²) in [6.45, 7) is 4.55. The van der Waals surface area contributed by atoms with Crippen molar-refractivity contribution in [2.45, 2.75) is 38.6 Å². The lowest BCUT2D eigenvalue weighted by Gasteiger charge is -2.30. The number of fused-ring (bicyclic) bond motifs is 1. The van der Waals surface area contributed by atoms with Crippen LogP contribution < -0.4 is 16.0 Å². The number of carbonyl (C=O) groups excluding carboxylic acids is 2. The highest BCUT2D eigenvalue weighted by Crippen LogP contribution is 2.27. The van der Waals surface area contributed by atoms with E-state index in [1.54, 1.807) is 4.90 Å². The molecule has 1 aliphatic heterocycles. The van der Waals surface area contributed by atoms with E-state index in [4.69, 9.17) is 5.73 Å². The average Bonchev–Trinajstić information content (AvgIpc) is 2.46. The number of rotatable bonds is 5. The van der Waals surface area contributed by atoms with Gasteiger partial charge in [0.05, 0.1) is 0 Å². The average molecular weight is 289 g/mol. The van der Waals surface area contributed by atoms with Gasteiger partial charge in [-0.2, -0.15) is 0 Å². The topological polar surface area (TPSA) is 75.4 Å². The number of carbonyl (C=O) groups is 2. The summed E-state index contributed by atoms with van der Waals surface area (Å²) in [6, 6.07) is 7.87. The second-order valence-electron chi connectivity index (χ2n) is 6.06. The third-order valence-corrected chi connectivity index (χ3v) is 3.74. The molecule has 5 heteroatoms. The van der Waals surface area contributed by atoms with Gasteiger partial charge in [-0.1, -0.05) is 18.2 Å². The van der Waals surface area contributed by atoms with Crippen LogP contribution in [0.1, 0.15) is 32.3 Å². The van der Waals surface area contributed by atoms with Crippen molar-refractivity contribution in [2.24, 2.45) is 5.73 Å². The lowest BCUT2D eigenvalue weighted by molar-refractivity contribution is -0.122. The van der Waals surface area contributed by atoms with Crippen LogP contribution in [-0.2, 0) is 16.0 Å². The van der Waals surface area contributed by atoms with Gasteiger partial charge in [-0.25, -0.2) is 0 Å². The number of benzene rings is 1. The lowest BCUT2D eigenvalue weighted by Crippen LogP contribution is -2.49. The number of hydrogen-bond donors (Lipinski definition) is 2. The molecule has 3 N–H and O–H groups in total. The third kappa shape index (κ3) is 3.82. The molecule has 5 nitrogen and oxygen atoms in total. The van der Waals surface area contributed by atoms with Crippen LogP contribution in [0.4, 0.5) is 5.69 Å². The highest BCUT2D eigenvalue weighted by Gasteiger charge is 2.25. The van der Waals surface area contributed by atoms with Gasteiger partial charge < -0.3 is 16.0 Å². The maximum absolute atomic E-state index is 12.1. The minimum atomic E-state index is -0.416. The Morgan fingerprint density at radius 1 is 1.33 bits per heavy atom. The first kappa shape index (κ1) is 15.5. The maximum atomic E-state index is 12.1. The molecule has 0 atom stereocenters. The lowest BCUT2D eigenvalue weighted by atomic mass is 10.0. The molecule has 0 saturated carbocycles.